The van der Waals surface area contributed by atoms with Crippen molar-refractivity contribution >= 4 is 28.7 Å². The number of para-hydroxylation sites is 1. The topological polar surface area (TPSA) is 111 Å². The molecule has 0 unspecified atom stereocenters. The molecule has 1 heterocycles. The first-order chi connectivity index (χ1) is 16.5. The minimum Gasteiger partial charge on any atom is -0.480 e. The molecule has 34 heavy (non-hydrogen) atoms. The molecule has 4 N–H and O–H groups in total. The fourth-order valence-electron chi connectivity index (χ4n) is 3.88. The molecule has 0 saturated carbocycles. The molecule has 0 radical (unpaired) electrons. The van der Waals surface area contributed by atoms with Crippen LogP contribution in [0.3, 0.4) is 0 Å². The molecule has 0 aliphatic carbocycles. The van der Waals surface area contributed by atoms with Gasteiger partial charge in [0.25, 0.3) is 5.91 Å². The van der Waals surface area contributed by atoms with Crippen molar-refractivity contribution in [3.05, 3.63) is 108 Å². The molecule has 4 aromatic rings. The highest BCUT2D eigenvalue weighted by Crippen LogP contribution is 2.19. The van der Waals surface area contributed by atoms with Crippen molar-refractivity contribution in [1.82, 2.24) is 15.6 Å². The number of carboxylic acid groups (broad SMARTS) is 1. The molecule has 0 aliphatic rings. The van der Waals surface area contributed by atoms with E-state index in [0.717, 1.165) is 22.0 Å². The maximum absolute atomic E-state index is 13.3. The van der Waals surface area contributed by atoms with E-state index in [-0.39, 0.29) is 12.8 Å². The average molecular weight is 456 g/mol. The van der Waals surface area contributed by atoms with Crippen LogP contribution in [-0.2, 0) is 22.4 Å². The number of fused-ring (bicyclic) bond motifs is 1. The van der Waals surface area contributed by atoms with Gasteiger partial charge >= 0.3 is 5.97 Å². The average Bonchev–Trinajstić information content (AvgIpc) is 3.27. The number of hydrogen-bond acceptors (Lipinski definition) is 3. The molecule has 7 nitrogen and oxygen atoms in total. The summed E-state index contributed by atoms with van der Waals surface area (Å²) >= 11 is 0. The van der Waals surface area contributed by atoms with Gasteiger partial charge in [-0.3, -0.25) is 9.59 Å². The number of aromatic nitrogens is 1. The SMILES string of the molecule is O=C(N[C@H](Cc1c[nH]c2ccccc12)C(=O)N[C@H](Cc1ccccc1)C(=O)O)c1ccccc1. The second-order valence-electron chi connectivity index (χ2n) is 8.04. The molecule has 0 bridgehead atoms. The van der Waals surface area contributed by atoms with Crippen LogP contribution in [0.1, 0.15) is 21.5 Å². The summed E-state index contributed by atoms with van der Waals surface area (Å²) < 4.78 is 0. The lowest BCUT2D eigenvalue weighted by atomic mass is 10.0. The molecule has 172 valence electrons. The van der Waals surface area contributed by atoms with E-state index in [1.165, 1.54) is 0 Å². The van der Waals surface area contributed by atoms with Crippen molar-refractivity contribution in [2.24, 2.45) is 0 Å². The number of benzene rings is 3. The second-order valence-corrected chi connectivity index (χ2v) is 8.04. The van der Waals surface area contributed by atoms with Crippen LogP contribution >= 0.6 is 0 Å². The Morgan fingerprint density at radius 1 is 0.765 bits per heavy atom. The predicted octanol–water partition coefficient (Wildman–Crippen LogP) is 3.32. The van der Waals surface area contributed by atoms with Crippen LogP contribution in [0.25, 0.3) is 10.9 Å². The summed E-state index contributed by atoms with van der Waals surface area (Å²) in [4.78, 5) is 41.2. The fourth-order valence-corrected chi connectivity index (χ4v) is 3.88. The summed E-state index contributed by atoms with van der Waals surface area (Å²) in [5, 5.41) is 16.1. The van der Waals surface area contributed by atoms with Crippen LogP contribution in [0.2, 0.25) is 0 Å². The molecular formula is C27H25N3O4. The Kier molecular flexibility index (Phi) is 7.03. The largest absolute Gasteiger partial charge is 0.480 e. The first kappa shape index (κ1) is 22.8. The third-order valence-electron chi connectivity index (χ3n) is 5.65. The Bertz CT molecular complexity index is 1290. The van der Waals surface area contributed by atoms with Gasteiger partial charge < -0.3 is 20.7 Å². The Hall–Kier alpha value is -4.39. The van der Waals surface area contributed by atoms with Crippen LogP contribution in [-0.4, -0.2) is 40.0 Å². The van der Waals surface area contributed by atoms with Crippen molar-refractivity contribution in [2.45, 2.75) is 24.9 Å². The number of hydrogen-bond donors (Lipinski definition) is 4. The van der Waals surface area contributed by atoms with Crippen LogP contribution in [0.5, 0.6) is 0 Å². The van der Waals surface area contributed by atoms with Gasteiger partial charge in [-0.2, -0.15) is 0 Å². The van der Waals surface area contributed by atoms with Crippen LogP contribution in [0.4, 0.5) is 0 Å². The van der Waals surface area contributed by atoms with Gasteiger partial charge in [0.2, 0.25) is 5.91 Å². The number of amides is 2. The molecule has 0 aliphatic heterocycles. The fraction of sp³-hybridized carbons (Fsp3) is 0.148. The highest BCUT2D eigenvalue weighted by molar-refractivity contribution is 5.98. The van der Waals surface area contributed by atoms with Crippen molar-refractivity contribution in [1.29, 1.82) is 0 Å². The first-order valence-corrected chi connectivity index (χ1v) is 11.0. The lowest BCUT2D eigenvalue weighted by molar-refractivity contribution is -0.142. The number of H-pyrrole nitrogens is 1. The number of nitrogens with one attached hydrogen (secondary N) is 3. The summed E-state index contributed by atoms with van der Waals surface area (Å²) in [6.07, 6.45) is 2.14. The quantitative estimate of drug-likeness (QED) is 0.310. The lowest BCUT2D eigenvalue weighted by Crippen LogP contribution is -2.53. The van der Waals surface area contributed by atoms with Crippen LogP contribution in [0.15, 0.2) is 91.1 Å². The van der Waals surface area contributed by atoms with Crippen molar-refractivity contribution in [3.8, 4) is 0 Å². The molecule has 0 spiro atoms. The monoisotopic (exact) mass is 455 g/mol. The van der Waals surface area contributed by atoms with Crippen LogP contribution < -0.4 is 10.6 Å². The molecule has 3 aromatic carbocycles. The molecular weight excluding hydrogens is 430 g/mol. The van der Waals surface area contributed by atoms with Gasteiger partial charge in [-0.15, -0.1) is 0 Å². The zero-order valence-corrected chi connectivity index (χ0v) is 18.4. The van der Waals surface area contributed by atoms with E-state index in [0.29, 0.717) is 5.56 Å². The molecule has 7 heteroatoms. The predicted molar refractivity (Wildman–Crippen MR) is 129 cm³/mol. The summed E-state index contributed by atoms with van der Waals surface area (Å²) in [7, 11) is 0. The van der Waals surface area contributed by atoms with E-state index in [9.17, 15) is 19.5 Å². The zero-order valence-electron chi connectivity index (χ0n) is 18.4. The third-order valence-corrected chi connectivity index (χ3v) is 5.65. The van der Waals surface area contributed by atoms with E-state index >= 15 is 0 Å². The van der Waals surface area contributed by atoms with Crippen molar-refractivity contribution < 1.29 is 19.5 Å². The Morgan fingerprint density at radius 3 is 2.12 bits per heavy atom. The molecule has 4 rings (SSSR count). The third kappa shape index (κ3) is 5.50. The maximum atomic E-state index is 13.3. The smallest absolute Gasteiger partial charge is 0.326 e. The molecule has 2 amide bonds. The summed E-state index contributed by atoms with van der Waals surface area (Å²) in [6, 6.07) is 23.3. The summed E-state index contributed by atoms with van der Waals surface area (Å²) in [5.74, 6) is -2.11. The summed E-state index contributed by atoms with van der Waals surface area (Å²) in [6.45, 7) is 0. The molecule has 2 atom stereocenters. The molecule has 0 saturated heterocycles. The second kappa shape index (κ2) is 10.5. The Balaban J connectivity index is 1.57. The lowest BCUT2D eigenvalue weighted by Gasteiger charge is -2.22. The van der Waals surface area contributed by atoms with Gasteiger partial charge in [-0.05, 0) is 29.3 Å². The van der Waals surface area contributed by atoms with E-state index in [1.54, 1.807) is 36.5 Å². The van der Waals surface area contributed by atoms with Gasteiger partial charge in [0.05, 0.1) is 0 Å². The van der Waals surface area contributed by atoms with Crippen molar-refractivity contribution in [3.63, 3.8) is 0 Å². The number of carbonyl (C=O) groups excluding carboxylic acids is 2. The number of carbonyl (C=O) groups is 3. The first-order valence-electron chi connectivity index (χ1n) is 11.0. The summed E-state index contributed by atoms with van der Waals surface area (Å²) in [5.41, 5.74) is 2.97. The number of aliphatic carboxylic acids is 1. The highest BCUT2D eigenvalue weighted by Gasteiger charge is 2.28. The number of aromatic amines is 1. The number of rotatable bonds is 9. The van der Waals surface area contributed by atoms with Gasteiger partial charge in [0.1, 0.15) is 12.1 Å². The Labute approximate surface area is 196 Å². The van der Waals surface area contributed by atoms with E-state index in [4.69, 9.17) is 0 Å². The van der Waals surface area contributed by atoms with Gasteiger partial charge in [0.15, 0.2) is 0 Å². The zero-order chi connectivity index (χ0) is 23.9. The minimum absolute atomic E-state index is 0.133. The molecule has 0 fully saturated rings. The molecule has 1 aromatic heterocycles. The normalized spacial score (nSPS) is 12.6. The van der Waals surface area contributed by atoms with Crippen molar-refractivity contribution in [2.75, 3.05) is 0 Å². The van der Waals surface area contributed by atoms with E-state index in [1.807, 2.05) is 54.6 Å². The maximum Gasteiger partial charge on any atom is 0.326 e. The standard InChI is InChI=1S/C27H25N3O4/c31-25(19-11-5-2-6-12-19)29-23(16-20-17-28-22-14-8-7-13-21(20)22)26(32)30-24(27(33)34)15-18-9-3-1-4-10-18/h1-14,17,23-24,28H,15-16H2,(H,29,31)(H,30,32)(H,33,34)/t23-,24-/m1/s1. The number of carboxylic acids is 1. The Morgan fingerprint density at radius 2 is 1.41 bits per heavy atom. The minimum atomic E-state index is -1.14. The van der Waals surface area contributed by atoms with E-state index < -0.39 is 29.9 Å². The van der Waals surface area contributed by atoms with Gasteiger partial charge in [0, 0.05) is 35.5 Å². The van der Waals surface area contributed by atoms with E-state index in [2.05, 4.69) is 15.6 Å². The highest BCUT2D eigenvalue weighted by atomic mass is 16.4. The van der Waals surface area contributed by atoms with Gasteiger partial charge in [-0.25, -0.2) is 4.79 Å². The van der Waals surface area contributed by atoms with Gasteiger partial charge in [-0.1, -0.05) is 66.7 Å². The van der Waals surface area contributed by atoms with Crippen LogP contribution in [0, 0.1) is 0 Å².